The van der Waals surface area contributed by atoms with Gasteiger partial charge in [0.05, 0.1) is 12.1 Å². The minimum Gasteiger partial charge on any atom is -0.394 e. The van der Waals surface area contributed by atoms with Crippen molar-refractivity contribution >= 4 is 22.6 Å². The lowest BCUT2D eigenvalue weighted by Crippen LogP contribution is -2.38. The second kappa shape index (κ2) is 3.89. The molecule has 0 aromatic heterocycles. The van der Waals surface area contributed by atoms with Gasteiger partial charge in [-0.1, -0.05) is 6.07 Å². The topological polar surface area (TPSA) is 46.2 Å². The Labute approximate surface area is 90.1 Å². The lowest BCUT2D eigenvalue weighted by molar-refractivity contribution is 0.206. The molecule has 2 nitrogen and oxygen atoms in total. The zero-order valence-electron chi connectivity index (χ0n) is 7.22. The largest absolute Gasteiger partial charge is 0.394 e. The molecule has 0 saturated heterocycles. The summed E-state index contributed by atoms with van der Waals surface area (Å²) in [6.45, 7) is 1.33. The summed E-state index contributed by atoms with van der Waals surface area (Å²) < 4.78 is 14.1. The molecule has 0 saturated carbocycles. The van der Waals surface area contributed by atoms with E-state index in [1.807, 2.05) is 22.6 Å². The van der Waals surface area contributed by atoms with Crippen molar-refractivity contribution in [1.29, 1.82) is 0 Å². The Morgan fingerprint density at radius 2 is 2.23 bits per heavy atom. The van der Waals surface area contributed by atoms with Crippen LogP contribution in [-0.2, 0) is 5.54 Å². The van der Waals surface area contributed by atoms with E-state index in [1.54, 1.807) is 19.1 Å². The standard InChI is InChI=1S/C9H11FINO/c1-9(12,5-13)8-6(10)3-2-4-7(8)11/h2-4,13H,5,12H2,1H3/t9-/m1/s1. The van der Waals surface area contributed by atoms with Crippen molar-refractivity contribution in [3.63, 3.8) is 0 Å². The van der Waals surface area contributed by atoms with Gasteiger partial charge in [0.25, 0.3) is 0 Å². The number of hydrogen-bond donors (Lipinski definition) is 2. The fourth-order valence-electron chi connectivity index (χ4n) is 1.12. The van der Waals surface area contributed by atoms with E-state index in [-0.39, 0.29) is 12.4 Å². The smallest absolute Gasteiger partial charge is 0.129 e. The summed E-state index contributed by atoms with van der Waals surface area (Å²) in [5.74, 6) is -0.369. The second-order valence-corrected chi connectivity index (χ2v) is 4.33. The maximum atomic E-state index is 13.3. The Bertz CT molecular complexity index is 294. The van der Waals surface area contributed by atoms with E-state index in [4.69, 9.17) is 10.8 Å². The molecule has 1 aromatic rings. The van der Waals surface area contributed by atoms with Crippen molar-refractivity contribution in [2.45, 2.75) is 12.5 Å². The number of hydrogen-bond acceptors (Lipinski definition) is 2. The van der Waals surface area contributed by atoms with Crippen molar-refractivity contribution in [2.24, 2.45) is 5.73 Å². The molecule has 0 amide bonds. The van der Waals surface area contributed by atoms with Crippen molar-refractivity contribution < 1.29 is 9.50 Å². The Hall–Kier alpha value is -0.200. The molecule has 1 rings (SSSR count). The van der Waals surface area contributed by atoms with Crippen molar-refractivity contribution in [2.75, 3.05) is 6.61 Å². The van der Waals surface area contributed by atoms with Crippen LogP contribution in [0.25, 0.3) is 0 Å². The first-order valence-electron chi connectivity index (χ1n) is 3.83. The Kier molecular flexibility index (Phi) is 3.26. The van der Waals surface area contributed by atoms with Gasteiger partial charge in [-0.2, -0.15) is 0 Å². The second-order valence-electron chi connectivity index (χ2n) is 3.17. The van der Waals surface area contributed by atoms with Crippen LogP contribution >= 0.6 is 22.6 Å². The van der Waals surface area contributed by atoms with Crippen molar-refractivity contribution in [1.82, 2.24) is 0 Å². The molecule has 1 aromatic carbocycles. The lowest BCUT2D eigenvalue weighted by atomic mass is 9.94. The van der Waals surface area contributed by atoms with Crippen molar-refractivity contribution in [3.8, 4) is 0 Å². The number of aliphatic hydroxyl groups is 1. The number of nitrogens with two attached hydrogens (primary N) is 1. The van der Waals surface area contributed by atoms with Gasteiger partial charge in [-0.25, -0.2) is 4.39 Å². The predicted octanol–water partition coefficient (Wildman–Crippen LogP) is 1.60. The highest BCUT2D eigenvalue weighted by atomic mass is 127. The van der Waals surface area contributed by atoms with Crippen LogP contribution in [0, 0.1) is 9.39 Å². The third-order valence-electron chi connectivity index (χ3n) is 1.86. The SMILES string of the molecule is C[C@@](N)(CO)c1c(F)cccc1I. The molecule has 4 heteroatoms. The Balaban J connectivity index is 3.28. The Morgan fingerprint density at radius 3 is 2.69 bits per heavy atom. The summed E-state index contributed by atoms with van der Waals surface area (Å²) in [5, 5.41) is 9.00. The van der Waals surface area contributed by atoms with E-state index in [1.165, 1.54) is 6.07 Å². The monoisotopic (exact) mass is 295 g/mol. The fraction of sp³-hybridized carbons (Fsp3) is 0.333. The van der Waals surface area contributed by atoms with E-state index >= 15 is 0 Å². The average molecular weight is 295 g/mol. The highest BCUT2D eigenvalue weighted by Crippen LogP contribution is 2.25. The molecular formula is C9H11FINO. The molecule has 3 N–H and O–H groups in total. The van der Waals surface area contributed by atoms with Crippen LogP contribution in [0.2, 0.25) is 0 Å². The third-order valence-corrected chi connectivity index (χ3v) is 2.76. The van der Waals surface area contributed by atoms with Crippen molar-refractivity contribution in [3.05, 3.63) is 33.1 Å². The highest BCUT2D eigenvalue weighted by Gasteiger charge is 2.25. The van der Waals surface area contributed by atoms with Gasteiger partial charge >= 0.3 is 0 Å². The van der Waals surface area contributed by atoms with E-state index in [0.29, 0.717) is 5.56 Å². The van der Waals surface area contributed by atoms with E-state index in [0.717, 1.165) is 3.57 Å². The summed E-state index contributed by atoms with van der Waals surface area (Å²) in [5.41, 5.74) is 5.11. The maximum Gasteiger partial charge on any atom is 0.129 e. The van der Waals surface area contributed by atoms with E-state index in [2.05, 4.69) is 0 Å². The minimum absolute atomic E-state index is 0.274. The number of halogens is 2. The molecule has 0 bridgehead atoms. The van der Waals surface area contributed by atoms with Gasteiger partial charge in [0.2, 0.25) is 0 Å². The number of aliphatic hydroxyl groups excluding tert-OH is 1. The first-order chi connectivity index (χ1) is 5.99. The van der Waals surface area contributed by atoms with Gasteiger partial charge in [0.15, 0.2) is 0 Å². The lowest BCUT2D eigenvalue weighted by Gasteiger charge is -2.24. The summed E-state index contributed by atoms with van der Waals surface area (Å²) in [6.07, 6.45) is 0. The normalized spacial score (nSPS) is 15.5. The van der Waals surface area contributed by atoms with Crippen LogP contribution < -0.4 is 5.73 Å². The fourth-order valence-corrected chi connectivity index (χ4v) is 2.20. The molecule has 1 atom stereocenters. The van der Waals surface area contributed by atoms with Gasteiger partial charge in [0, 0.05) is 9.13 Å². The number of rotatable bonds is 2. The van der Waals surface area contributed by atoms with Crippen LogP contribution in [0.5, 0.6) is 0 Å². The van der Waals surface area contributed by atoms with Crippen LogP contribution in [0.4, 0.5) is 4.39 Å². The summed E-state index contributed by atoms with van der Waals surface area (Å²) >= 11 is 2.00. The molecule has 0 aliphatic heterocycles. The van der Waals surface area contributed by atoms with Gasteiger partial charge < -0.3 is 10.8 Å². The zero-order chi connectivity index (χ0) is 10.1. The summed E-state index contributed by atoms with van der Waals surface area (Å²) in [4.78, 5) is 0. The predicted molar refractivity (Wildman–Crippen MR) is 57.7 cm³/mol. The quantitative estimate of drug-likeness (QED) is 0.814. The highest BCUT2D eigenvalue weighted by molar-refractivity contribution is 14.1. The summed E-state index contributed by atoms with van der Waals surface area (Å²) in [7, 11) is 0. The molecule has 13 heavy (non-hydrogen) atoms. The van der Waals surface area contributed by atoms with Gasteiger partial charge in [-0.05, 0) is 41.6 Å². The van der Waals surface area contributed by atoms with Gasteiger partial charge in [-0.15, -0.1) is 0 Å². The molecular weight excluding hydrogens is 284 g/mol. The maximum absolute atomic E-state index is 13.3. The third kappa shape index (κ3) is 2.18. The Morgan fingerprint density at radius 1 is 1.62 bits per heavy atom. The van der Waals surface area contributed by atoms with Gasteiger partial charge in [-0.3, -0.25) is 0 Å². The first kappa shape index (κ1) is 10.9. The van der Waals surface area contributed by atoms with Crippen LogP contribution in [0.1, 0.15) is 12.5 Å². The molecule has 0 unspecified atom stereocenters. The van der Waals surface area contributed by atoms with Crippen LogP contribution in [0.15, 0.2) is 18.2 Å². The first-order valence-corrected chi connectivity index (χ1v) is 4.91. The molecule has 0 fully saturated rings. The average Bonchev–Trinajstić information content (AvgIpc) is 2.03. The number of benzene rings is 1. The van der Waals surface area contributed by atoms with Crippen LogP contribution in [0.3, 0.4) is 0 Å². The zero-order valence-corrected chi connectivity index (χ0v) is 9.38. The molecule has 0 aliphatic rings. The molecule has 0 heterocycles. The minimum atomic E-state index is -1.01. The van der Waals surface area contributed by atoms with E-state index in [9.17, 15) is 4.39 Å². The molecule has 0 spiro atoms. The molecule has 0 radical (unpaired) electrons. The van der Waals surface area contributed by atoms with Crippen LogP contribution in [-0.4, -0.2) is 11.7 Å². The molecule has 72 valence electrons. The van der Waals surface area contributed by atoms with E-state index < -0.39 is 5.54 Å². The van der Waals surface area contributed by atoms with Gasteiger partial charge in [0.1, 0.15) is 5.82 Å². The summed E-state index contributed by atoms with van der Waals surface area (Å²) in [6, 6.07) is 4.73. The molecule has 0 aliphatic carbocycles.